The number of ether oxygens (including phenoxy) is 3. The molecule has 0 aromatic heterocycles. The minimum absolute atomic E-state index is 0.0113. The summed E-state index contributed by atoms with van der Waals surface area (Å²) >= 11 is 0. The van der Waals surface area contributed by atoms with Crippen LogP contribution in [0.2, 0.25) is 0 Å². The maximum absolute atomic E-state index is 11.6. The average Bonchev–Trinajstić information content (AvgIpc) is 2.78. The fraction of sp³-hybridized carbons (Fsp3) is 0.682. The Morgan fingerprint density at radius 3 is 2.48 bits per heavy atom. The first-order valence-electron chi connectivity index (χ1n) is 11.1. The molecule has 2 aliphatic rings. The number of methoxy groups -OCH3 is 1. The number of anilines is 1. The molecule has 2 saturated heterocycles. The Morgan fingerprint density at radius 1 is 1.16 bits per heavy atom. The molecule has 0 amide bonds. The highest BCUT2D eigenvalue weighted by Crippen LogP contribution is 2.33. The minimum Gasteiger partial charge on any atom is -0.490 e. The largest absolute Gasteiger partial charge is 0.490 e. The molecular formula is C22H33N3O6. The highest BCUT2D eigenvalue weighted by Gasteiger charge is 2.25. The van der Waals surface area contributed by atoms with Crippen LogP contribution in [0.5, 0.6) is 5.75 Å². The number of benzene rings is 1. The predicted octanol–water partition coefficient (Wildman–Crippen LogP) is 2.86. The fourth-order valence-corrected chi connectivity index (χ4v) is 4.27. The molecule has 3 rings (SSSR count). The molecule has 0 radical (unpaired) electrons. The summed E-state index contributed by atoms with van der Waals surface area (Å²) in [5, 5.41) is 11.1. The van der Waals surface area contributed by atoms with Gasteiger partial charge in [0.15, 0.2) is 5.75 Å². The number of likely N-dealkylation sites (tertiary alicyclic amines) is 1. The van der Waals surface area contributed by atoms with Gasteiger partial charge in [-0.05, 0) is 44.6 Å². The normalized spacial score (nSPS) is 18.7. The molecular weight excluding hydrogens is 402 g/mol. The summed E-state index contributed by atoms with van der Waals surface area (Å²) in [6.07, 6.45) is 4.21. The van der Waals surface area contributed by atoms with E-state index in [1.54, 1.807) is 12.1 Å². The summed E-state index contributed by atoms with van der Waals surface area (Å²) in [6, 6.07) is 5.05. The summed E-state index contributed by atoms with van der Waals surface area (Å²) < 4.78 is 16.4. The lowest BCUT2D eigenvalue weighted by molar-refractivity contribution is -0.385. The predicted molar refractivity (Wildman–Crippen MR) is 117 cm³/mol. The Bertz CT molecular complexity index is 743. The molecule has 2 fully saturated rings. The van der Waals surface area contributed by atoms with Gasteiger partial charge in [0.05, 0.1) is 31.3 Å². The van der Waals surface area contributed by atoms with Gasteiger partial charge in [-0.1, -0.05) is 0 Å². The summed E-state index contributed by atoms with van der Waals surface area (Å²) in [6.45, 7) is 6.90. The van der Waals surface area contributed by atoms with Crippen molar-refractivity contribution >= 4 is 17.3 Å². The van der Waals surface area contributed by atoms with Gasteiger partial charge in [0, 0.05) is 50.6 Å². The second-order valence-corrected chi connectivity index (χ2v) is 8.16. The number of hydrogen-bond acceptors (Lipinski definition) is 8. The monoisotopic (exact) mass is 435 g/mol. The Labute approximate surface area is 183 Å². The SMILES string of the molecule is CCOC(=O)CN1CCC(OCC2CCN(c3ccc([N+](=O)[O-])c(OC)c3)CC2)CC1. The van der Waals surface area contributed by atoms with Crippen molar-refractivity contribution in [2.45, 2.75) is 38.7 Å². The minimum atomic E-state index is -0.423. The van der Waals surface area contributed by atoms with Crippen molar-refractivity contribution in [3.63, 3.8) is 0 Å². The van der Waals surface area contributed by atoms with Crippen LogP contribution in [0, 0.1) is 16.0 Å². The molecule has 2 heterocycles. The van der Waals surface area contributed by atoms with Crippen LogP contribution in [0.25, 0.3) is 0 Å². The van der Waals surface area contributed by atoms with Crippen molar-refractivity contribution in [3.05, 3.63) is 28.3 Å². The number of carbonyl (C=O) groups is 1. The van der Waals surface area contributed by atoms with Gasteiger partial charge in [0.25, 0.3) is 0 Å². The van der Waals surface area contributed by atoms with E-state index in [0.29, 0.717) is 24.8 Å². The molecule has 0 saturated carbocycles. The number of carbonyl (C=O) groups excluding carboxylic acids is 1. The van der Waals surface area contributed by atoms with Crippen molar-refractivity contribution in [1.82, 2.24) is 4.90 Å². The van der Waals surface area contributed by atoms with Gasteiger partial charge in [-0.2, -0.15) is 0 Å². The molecule has 0 unspecified atom stereocenters. The van der Waals surface area contributed by atoms with E-state index < -0.39 is 4.92 Å². The Hall–Kier alpha value is -2.39. The lowest BCUT2D eigenvalue weighted by Gasteiger charge is -2.35. The van der Waals surface area contributed by atoms with Crippen LogP contribution in [0.3, 0.4) is 0 Å². The molecule has 31 heavy (non-hydrogen) atoms. The first-order valence-corrected chi connectivity index (χ1v) is 11.1. The number of nitro benzene ring substituents is 1. The third kappa shape index (κ3) is 6.54. The Morgan fingerprint density at radius 2 is 1.87 bits per heavy atom. The Balaban J connectivity index is 1.38. The van der Waals surface area contributed by atoms with Crippen LogP contribution < -0.4 is 9.64 Å². The third-order valence-electron chi connectivity index (χ3n) is 6.10. The van der Waals surface area contributed by atoms with E-state index in [0.717, 1.165) is 64.2 Å². The van der Waals surface area contributed by atoms with Crippen LogP contribution in [0.15, 0.2) is 18.2 Å². The summed E-state index contributed by atoms with van der Waals surface area (Å²) in [5.74, 6) is 0.662. The quantitative estimate of drug-likeness (QED) is 0.332. The zero-order chi connectivity index (χ0) is 22.2. The first kappa shape index (κ1) is 23.3. The number of nitrogens with zero attached hydrogens (tertiary/aromatic N) is 3. The standard InChI is InChI=1S/C22H33N3O6/c1-3-30-22(26)15-23-10-8-19(9-11-23)31-16-17-6-12-24(13-7-17)18-4-5-20(25(27)28)21(14-18)29-2/h4-5,14,17,19H,3,6-13,15-16H2,1-2H3. The smallest absolute Gasteiger partial charge is 0.320 e. The Kier molecular flexibility index (Phi) is 8.48. The van der Waals surface area contributed by atoms with Crippen LogP contribution in [0.4, 0.5) is 11.4 Å². The molecule has 1 aromatic carbocycles. The average molecular weight is 436 g/mol. The van der Waals surface area contributed by atoms with E-state index in [-0.39, 0.29) is 17.8 Å². The molecule has 0 aliphatic carbocycles. The van der Waals surface area contributed by atoms with E-state index in [4.69, 9.17) is 14.2 Å². The topological polar surface area (TPSA) is 94.4 Å². The number of rotatable bonds is 9. The highest BCUT2D eigenvalue weighted by molar-refractivity contribution is 5.71. The van der Waals surface area contributed by atoms with Crippen molar-refractivity contribution in [1.29, 1.82) is 0 Å². The summed E-state index contributed by atoms with van der Waals surface area (Å²) in [4.78, 5) is 26.6. The number of nitro groups is 1. The van der Waals surface area contributed by atoms with Gasteiger partial charge in [-0.15, -0.1) is 0 Å². The van der Waals surface area contributed by atoms with Gasteiger partial charge in [0.1, 0.15) is 0 Å². The zero-order valence-electron chi connectivity index (χ0n) is 18.5. The van der Waals surface area contributed by atoms with Gasteiger partial charge in [0.2, 0.25) is 0 Å². The number of esters is 1. The molecule has 9 nitrogen and oxygen atoms in total. The van der Waals surface area contributed by atoms with Gasteiger partial charge >= 0.3 is 11.7 Å². The maximum atomic E-state index is 11.6. The second kappa shape index (κ2) is 11.3. The van der Waals surface area contributed by atoms with Crippen LogP contribution in [0.1, 0.15) is 32.6 Å². The third-order valence-corrected chi connectivity index (χ3v) is 6.10. The number of piperidine rings is 2. The van der Waals surface area contributed by atoms with Crippen molar-refractivity contribution in [2.75, 3.05) is 57.9 Å². The fourth-order valence-electron chi connectivity index (χ4n) is 4.27. The van der Waals surface area contributed by atoms with Crippen LogP contribution >= 0.6 is 0 Å². The molecule has 0 N–H and O–H groups in total. The number of hydrogen-bond donors (Lipinski definition) is 0. The van der Waals surface area contributed by atoms with E-state index in [2.05, 4.69) is 9.80 Å². The summed E-state index contributed by atoms with van der Waals surface area (Å²) in [7, 11) is 1.46. The molecule has 2 aliphatic heterocycles. The van der Waals surface area contributed by atoms with E-state index in [9.17, 15) is 14.9 Å². The molecule has 0 spiro atoms. The molecule has 1 aromatic rings. The van der Waals surface area contributed by atoms with Crippen molar-refractivity contribution in [3.8, 4) is 5.75 Å². The second-order valence-electron chi connectivity index (χ2n) is 8.16. The molecule has 9 heteroatoms. The molecule has 172 valence electrons. The summed E-state index contributed by atoms with van der Waals surface area (Å²) in [5.41, 5.74) is 0.943. The van der Waals surface area contributed by atoms with E-state index >= 15 is 0 Å². The zero-order valence-corrected chi connectivity index (χ0v) is 18.5. The first-order chi connectivity index (χ1) is 15.0. The van der Waals surface area contributed by atoms with Crippen molar-refractivity contribution < 1.29 is 23.9 Å². The van der Waals surface area contributed by atoms with Crippen LogP contribution in [-0.4, -0.2) is 74.9 Å². The van der Waals surface area contributed by atoms with Crippen LogP contribution in [-0.2, 0) is 14.3 Å². The van der Waals surface area contributed by atoms with Crippen molar-refractivity contribution in [2.24, 2.45) is 5.92 Å². The van der Waals surface area contributed by atoms with E-state index in [1.165, 1.54) is 13.2 Å². The van der Waals surface area contributed by atoms with Gasteiger partial charge in [-0.3, -0.25) is 19.8 Å². The highest BCUT2D eigenvalue weighted by atomic mass is 16.6. The molecule has 0 bridgehead atoms. The molecule has 0 atom stereocenters. The van der Waals surface area contributed by atoms with Gasteiger partial charge < -0.3 is 19.1 Å². The van der Waals surface area contributed by atoms with Gasteiger partial charge in [-0.25, -0.2) is 0 Å². The maximum Gasteiger partial charge on any atom is 0.320 e. The lowest BCUT2D eigenvalue weighted by atomic mass is 9.97. The van der Waals surface area contributed by atoms with E-state index in [1.807, 2.05) is 6.92 Å². The lowest BCUT2D eigenvalue weighted by Crippen LogP contribution is -2.41.